The van der Waals surface area contributed by atoms with Crippen molar-refractivity contribution in [2.75, 3.05) is 0 Å². The van der Waals surface area contributed by atoms with Crippen LogP contribution in [0.2, 0.25) is 0 Å². The van der Waals surface area contributed by atoms with E-state index in [-0.39, 0.29) is 0 Å². The molecular formula is C25H38F2. The molecule has 0 amide bonds. The van der Waals surface area contributed by atoms with Gasteiger partial charge in [-0.2, -0.15) is 0 Å². The zero-order chi connectivity index (χ0) is 19.1. The van der Waals surface area contributed by atoms with Gasteiger partial charge < -0.3 is 0 Å². The second-order valence-electron chi connectivity index (χ2n) is 9.31. The van der Waals surface area contributed by atoms with Crippen LogP contribution in [0.3, 0.4) is 0 Å². The zero-order valence-electron chi connectivity index (χ0n) is 17.2. The smallest absolute Gasteiger partial charge is 0.162 e. The third kappa shape index (κ3) is 6.03. The van der Waals surface area contributed by atoms with E-state index in [0.717, 1.165) is 24.2 Å². The van der Waals surface area contributed by atoms with Gasteiger partial charge in [-0.1, -0.05) is 70.4 Å². The zero-order valence-corrected chi connectivity index (χ0v) is 17.2. The van der Waals surface area contributed by atoms with Crippen molar-refractivity contribution in [1.29, 1.82) is 0 Å². The normalized spacial score (nSPS) is 29.0. The first-order valence-electron chi connectivity index (χ1n) is 11.6. The molecule has 0 unspecified atom stereocenters. The van der Waals surface area contributed by atoms with Crippen molar-refractivity contribution in [1.82, 2.24) is 0 Å². The minimum Gasteiger partial charge on any atom is -0.204 e. The number of rotatable bonds is 8. The van der Waals surface area contributed by atoms with Gasteiger partial charge in [-0.25, -0.2) is 8.78 Å². The minimum absolute atomic E-state index is 0.554. The third-order valence-electron chi connectivity index (χ3n) is 7.52. The molecule has 0 bridgehead atoms. The fourth-order valence-electron chi connectivity index (χ4n) is 5.68. The van der Waals surface area contributed by atoms with Crippen LogP contribution in [0.1, 0.15) is 96.0 Å². The lowest BCUT2D eigenvalue weighted by Gasteiger charge is -2.38. The molecule has 0 heterocycles. The average molecular weight is 377 g/mol. The second kappa shape index (κ2) is 10.6. The molecule has 2 fully saturated rings. The van der Waals surface area contributed by atoms with Crippen molar-refractivity contribution in [3.63, 3.8) is 0 Å². The van der Waals surface area contributed by atoms with Crippen molar-refractivity contribution >= 4 is 0 Å². The van der Waals surface area contributed by atoms with Crippen LogP contribution in [0, 0.1) is 35.3 Å². The standard InChI is InChI=1S/C25H38F2/c1-2-3-4-6-19-9-14-21(15-10-19)22-16-11-20(12-17-22)13-18-23-7-5-8-24(26)25(23)27/h5,7-8,19-22H,2-4,6,9-18H2,1H3. The van der Waals surface area contributed by atoms with Gasteiger partial charge in [-0.15, -0.1) is 0 Å². The maximum absolute atomic E-state index is 13.8. The van der Waals surface area contributed by atoms with Crippen LogP contribution in [0.4, 0.5) is 8.78 Å². The highest BCUT2D eigenvalue weighted by Crippen LogP contribution is 2.43. The van der Waals surface area contributed by atoms with Gasteiger partial charge in [-0.05, 0) is 73.8 Å². The Hall–Kier alpha value is -0.920. The van der Waals surface area contributed by atoms with E-state index >= 15 is 0 Å². The molecule has 1 aromatic carbocycles. The molecule has 2 heteroatoms. The highest BCUT2D eigenvalue weighted by molar-refractivity contribution is 5.19. The Balaban J connectivity index is 1.35. The first-order valence-corrected chi connectivity index (χ1v) is 11.6. The van der Waals surface area contributed by atoms with Gasteiger partial charge in [0.25, 0.3) is 0 Å². The van der Waals surface area contributed by atoms with Crippen LogP contribution < -0.4 is 0 Å². The molecule has 1 aromatic rings. The van der Waals surface area contributed by atoms with Crippen molar-refractivity contribution in [3.05, 3.63) is 35.4 Å². The maximum atomic E-state index is 13.8. The van der Waals surface area contributed by atoms with Crippen LogP contribution in [-0.4, -0.2) is 0 Å². The lowest BCUT2D eigenvalue weighted by molar-refractivity contribution is 0.140. The molecule has 0 spiro atoms. The molecule has 0 saturated heterocycles. The highest BCUT2D eigenvalue weighted by Gasteiger charge is 2.30. The Morgan fingerprint density at radius 3 is 1.96 bits per heavy atom. The van der Waals surface area contributed by atoms with E-state index in [0.29, 0.717) is 17.9 Å². The number of hydrogen-bond acceptors (Lipinski definition) is 0. The molecule has 0 aliphatic heterocycles. The molecule has 2 saturated carbocycles. The monoisotopic (exact) mass is 376 g/mol. The van der Waals surface area contributed by atoms with Crippen LogP contribution in [0.15, 0.2) is 18.2 Å². The van der Waals surface area contributed by atoms with Crippen LogP contribution in [-0.2, 0) is 6.42 Å². The lowest BCUT2D eigenvalue weighted by Crippen LogP contribution is -2.26. The number of halogens is 2. The summed E-state index contributed by atoms with van der Waals surface area (Å²) in [5.74, 6) is 2.26. The fraction of sp³-hybridized carbons (Fsp3) is 0.760. The molecule has 2 aliphatic carbocycles. The Kier molecular flexibility index (Phi) is 8.15. The molecule has 3 rings (SSSR count). The summed E-state index contributed by atoms with van der Waals surface area (Å²) >= 11 is 0. The molecule has 2 aliphatic rings. The van der Waals surface area contributed by atoms with Crippen molar-refractivity contribution in [2.24, 2.45) is 23.7 Å². The van der Waals surface area contributed by atoms with E-state index in [4.69, 9.17) is 0 Å². The van der Waals surface area contributed by atoms with Gasteiger partial charge in [0.15, 0.2) is 11.6 Å². The predicted octanol–water partition coefficient (Wildman–Crippen LogP) is 8.09. The molecule has 0 N–H and O–H groups in total. The summed E-state index contributed by atoms with van der Waals surface area (Å²) in [5.41, 5.74) is 0.554. The summed E-state index contributed by atoms with van der Waals surface area (Å²) in [7, 11) is 0. The Morgan fingerprint density at radius 1 is 0.778 bits per heavy atom. The van der Waals surface area contributed by atoms with Crippen molar-refractivity contribution in [3.8, 4) is 0 Å². The van der Waals surface area contributed by atoms with Gasteiger partial charge in [0.1, 0.15) is 0 Å². The van der Waals surface area contributed by atoms with E-state index in [9.17, 15) is 8.78 Å². The Morgan fingerprint density at radius 2 is 1.37 bits per heavy atom. The molecule has 0 atom stereocenters. The fourth-order valence-corrected chi connectivity index (χ4v) is 5.68. The largest absolute Gasteiger partial charge is 0.204 e. The average Bonchev–Trinajstić information content (AvgIpc) is 2.70. The van der Waals surface area contributed by atoms with Crippen LogP contribution in [0.25, 0.3) is 0 Å². The maximum Gasteiger partial charge on any atom is 0.162 e. The number of benzene rings is 1. The van der Waals surface area contributed by atoms with E-state index in [1.807, 2.05) is 0 Å². The molecular weight excluding hydrogens is 338 g/mol. The molecule has 27 heavy (non-hydrogen) atoms. The quantitative estimate of drug-likeness (QED) is 0.402. The van der Waals surface area contributed by atoms with E-state index in [1.165, 1.54) is 83.1 Å². The summed E-state index contributed by atoms with van der Waals surface area (Å²) in [4.78, 5) is 0. The Bertz CT molecular complexity index is 551. The van der Waals surface area contributed by atoms with Crippen molar-refractivity contribution < 1.29 is 8.78 Å². The van der Waals surface area contributed by atoms with Gasteiger partial charge in [0, 0.05) is 0 Å². The molecule has 0 nitrogen and oxygen atoms in total. The van der Waals surface area contributed by atoms with Gasteiger partial charge in [0.05, 0.1) is 0 Å². The lowest BCUT2D eigenvalue weighted by atomic mass is 9.68. The topological polar surface area (TPSA) is 0 Å². The second-order valence-corrected chi connectivity index (χ2v) is 9.31. The van der Waals surface area contributed by atoms with Gasteiger partial charge in [0.2, 0.25) is 0 Å². The predicted molar refractivity (Wildman–Crippen MR) is 110 cm³/mol. The van der Waals surface area contributed by atoms with E-state index in [2.05, 4.69) is 6.92 Å². The van der Waals surface area contributed by atoms with Crippen LogP contribution >= 0.6 is 0 Å². The number of aryl methyl sites for hydroxylation is 1. The number of hydrogen-bond donors (Lipinski definition) is 0. The molecule has 0 aromatic heterocycles. The van der Waals surface area contributed by atoms with Crippen LogP contribution in [0.5, 0.6) is 0 Å². The summed E-state index contributed by atoms with van der Waals surface area (Å²) in [5, 5.41) is 0. The van der Waals surface area contributed by atoms with Gasteiger partial charge in [-0.3, -0.25) is 0 Å². The highest BCUT2D eigenvalue weighted by atomic mass is 19.2. The van der Waals surface area contributed by atoms with Crippen molar-refractivity contribution in [2.45, 2.75) is 96.8 Å². The first-order chi connectivity index (χ1) is 13.2. The first kappa shape index (κ1) is 20.8. The van der Waals surface area contributed by atoms with E-state index < -0.39 is 11.6 Å². The summed E-state index contributed by atoms with van der Waals surface area (Å²) in [6.07, 6.45) is 18.5. The third-order valence-corrected chi connectivity index (χ3v) is 7.52. The number of unbranched alkanes of at least 4 members (excludes halogenated alkanes) is 2. The minimum atomic E-state index is -0.707. The Labute approximate surface area is 165 Å². The van der Waals surface area contributed by atoms with E-state index in [1.54, 1.807) is 12.1 Å². The molecule has 152 valence electrons. The summed E-state index contributed by atoms with van der Waals surface area (Å²) < 4.78 is 27.2. The summed E-state index contributed by atoms with van der Waals surface area (Å²) in [6, 6.07) is 4.58. The summed E-state index contributed by atoms with van der Waals surface area (Å²) in [6.45, 7) is 2.29. The SMILES string of the molecule is CCCCCC1CCC(C2CCC(CCc3cccc(F)c3F)CC2)CC1. The molecule has 0 radical (unpaired) electrons. The van der Waals surface area contributed by atoms with Gasteiger partial charge >= 0.3 is 0 Å².